The molecule has 1 aromatic carbocycles. The quantitative estimate of drug-likeness (QED) is 0.655. The Kier molecular flexibility index (Phi) is 7.09. The second-order valence-corrected chi connectivity index (χ2v) is 7.07. The van der Waals surface area contributed by atoms with Gasteiger partial charge in [0.25, 0.3) is 0 Å². The Labute approximate surface area is 160 Å². The zero-order valence-electron chi connectivity index (χ0n) is 14.8. The van der Waals surface area contributed by atoms with Crippen molar-refractivity contribution in [2.75, 3.05) is 25.1 Å². The largest absolute Gasteiger partial charge is 0.496 e. The lowest BCUT2D eigenvalue weighted by Gasteiger charge is -2.19. The van der Waals surface area contributed by atoms with Crippen LogP contribution in [0, 0.1) is 6.92 Å². The van der Waals surface area contributed by atoms with E-state index in [2.05, 4.69) is 42.7 Å². The van der Waals surface area contributed by atoms with Gasteiger partial charge in [-0.3, -0.25) is 0 Å². The van der Waals surface area contributed by atoms with E-state index in [1.54, 1.807) is 18.4 Å². The van der Waals surface area contributed by atoms with E-state index in [4.69, 9.17) is 9.72 Å². The number of aromatic nitrogens is 1. The number of hydrogen-bond donors (Lipinski definition) is 0. The number of methoxy groups -OCH3 is 1. The molecule has 134 valence electrons. The molecule has 0 unspecified atom stereocenters. The highest BCUT2D eigenvalue weighted by Crippen LogP contribution is 2.33. The van der Waals surface area contributed by atoms with Crippen molar-refractivity contribution in [3.8, 4) is 5.75 Å². The molecule has 0 saturated heterocycles. The molecule has 2 aromatic rings. The first-order valence-corrected chi connectivity index (χ1v) is 9.21. The standard InChI is InChI=1S/C20H24N2OS.ClH/c1-4-12-22-13-6-5-7-17-20(22)24-19(21-17)11-9-16-8-10-18(23-3)15(2)14-16;/h4,8-11,14H,1,5-7,12-13H2,2-3H3;1H. The van der Waals surface area contributed by atoms with E-state index in [1.165, 1.54) is 29.1 Å². The summed E-state index contributed by atoms with van der Waals surface area (Å²) >= 11 is 1.78. The molecule has 25 heavy (non-hydrogen) atoms. The van der Waals surface area contributed by atoms with Gasteiger partial charge in [-0.15, -0.1) is 19.0 Å². The number of thiazole rings is 1. The Morgan fingerprint density at radius 1 is 1.32 bits per heavy atom. The highest BCUT2D eigenvalue weighted by Gasteiger charge is 2.18. The van der Waals surface area contributed by atoms with Crippen molar-refractivity contribution in [1.29, 1.82) is 0 Å². The first-order chi connectivity index (χ1) is 11.7. The predicted molar refractivity (Wildman–Crippen MR) is 111 cm³/mol. The van der Waals surface area contributed by atoms with Crippen LogP contribution >= 0.6 is 23.7 Å². The van der Waals surface area contributed by atoms with Crippen molar-refractivity contribution in [3.63, 3.8) is 0 Å². The van der Waals surface area contributed by atoms with Crippen molar-refractivity contribution in [2.45, 2.75) is 26.2 Å². The van der Waals surface area contributed by atoms with Gasteiger partial charge in [0.2, 0.25) is 0 Å². The maximum atomic E-state index is 5.32. The third kappa shape index (κ3) is 4.65. The molecule has 3 nitrogen and oxygen atoms in total. The van der Waals surface area contributed by atoms with E-state index in [1.807, 2.05) is 12.1 Å². The van der Waals surface area contributed by atoms with Crippen LogP contribution in [0.3, 0.4) is 0 Å². The summed E-state index contributed by atoms with van der Waals surface area (Å²) in [4.78, 5) is 7.25. The highest BCUT2D eigenvalue weighted by atomic mass is 35.5. The molecule has 0 fully saturated rings. The molecule has 2 heterocycles. The average Bonchev–Trinajstić information content (AvgIpc) is 2.90. The molecule has 0 bridgehead atoms. The minimum atomic E-state index is 0. The molecule has 1 aliphatic rings. The normalized spacial score (nSPS) is 13.9. The fourth-order valence-corrected chi connectivity index (χ4v) is 4.09. The lowest BCUT2D eigenvalue weighted by Crippen LogP contribution is -2.22. The van der Waals surface area contributed by atoms with Gasteiger partial charge >= 0.3 is 0 Å². The van der Waals surface area contributed by atoms with Crippen LogP contribution in [0.1, 0.15) is 34.7 Å². The Morgan fingerprint density at radius 3 is 2.88 bits per heavy atom. The van der Waals surface area contributed by atoms with Crippen LogP contribution < -0.4 is 9.64 Å². The summed E-state index contributed by atoms with van der Waals surface area (Å²) in [7, 11) is 1.70. The molecule has 0 amide bonds. The van der Waals surface area contributed by atoms with Crippen LogP contribution in [0.15, 0.2) is 30.9 Å². The predicted octanol–water partition coefficient (Wildman–Crippen LogP) is 5.38. The summed E-state index contributed by atoms with van der Waals surface area (Å²) in [5.74, 6) is 0.924. The summed E-state index contributed by atoms with van der Waals surface area (Å²) in [5.41, 5.74) is 3.55. The minimum absolute atomic E-state index is 0. The first kappa shape index (κ1) is 19.5. The number of fused-ring (bicyclic) bond motifs is 1. The van der Waals surface area contributed by atoms with Crippen LogP contribution in [-0.2, 0) is 6.42 Å². The summed E-state index contributed by atoms with van der Waals surface area (Å²) in [6, 6.07) is 6.22. The number of aryl methyl sites for hydroxylation is 2. The first-order valence-electron chi connectivity index (χ1n) is 8.39. The number of ether oxygens (including phenoxy) is 1. The monoisotopic (exact) mass is 376 g/mol. The molecule has 1 aromatic heterocycles. The number of anilines is 1. The van der Waals surface area contributed by atoms with E-state index >= 15 is 0 Å². The van der Waals surface area contributed by atoms with E-state index in [0.717, 1.165) is 35.8 Å². The van der Waals surface area contributed by atoms with E-state index < -0.39 is 0 Å². The van der Waals surface area contributed by atoms with Crippen LogP contribution in [0.4, 0.5) is 5.00 Å². The van der Waals surface area contributed by atoms with E-state index in [-0.39, 0.29) is 12.4 Å². The summed E-state index contributed by atoms with van der Waals surface area (Å²) < 4.78 is 5.32. The van der Waals surface area contributed by atoms with Crippen molar-refractivity contribution >= 4 is 40.9 Å². The Morgan fingerprint density at radius 2 is 2.16 bits per heavy atom. The smallest absolute Gasteiger partial charge is 0.121 e. The second-order valence-electron chi connectivity index (χ2n) is 6.06. The van der Waals surface area contributed by atoms with Gasteiger partial charge in [0.05, 0.1) is 12.8 Å². The Balaban J connectivity index is 0.00000225. The van der Waals surface area contributed by atoms with Crippen LogP contribution in [0.25, 0.3) is 12.2 Å². The number of halogens is 1. The summed E-state index contributed by atoms with van der Waals surface area (Å²) in [6.45, 7) is 7.94. The van der Waals surface area contributed by atoms with Gasteiger partial charge in [0.15, 0.2) is 0 Å². The Hall–Kier alpha value is -1.78. The van der Waals surface area contributed by atoms with Crippen molar-refractivity contribution < 1.29 is 4.74 Å². The lowest BCUT2D eigenvalue weighted by atomic mass is 10.1. The molecule has 0 aliphatic carbocycles. The van der Waals surface area contributed by atoms with E-state index in [0.29, 0.717) is 0 Å². The maximum Gasteiger partial charge on any atom is 0.121 e. The van der Waals surface area contributed by atoms with Gasteiger partial charge in [-0.05, 0) is 55.5 Å². The average molecular weight is 377 g/mol. The molecule has 5 heteroatoms. The van der Waals surface area contributed by atoms with Gasteiger partial charge in [0, 0.05) is 13.1 Å². The Bertz CT molecular complexity index is 754. The van der Waals surface area contributed by atoms with Crippen LogP contribution in [-0.4, -0.2) is 25.2 Å². The third-order valence-electron chi connectivity index (χ3n) is 4.26. The summed E-state index contributed by atoms with van der Waals surface area (Å²) in [6.07, 6.45) is 9.74. The van der Waals surface area contributed by atoms with Gasteiger partial charge in [-0.2, -0.15) is 0 Å². The fraction of sp³-hybridized carbons (Fsp3) is 0.350. The summed E-state index contributed by atoms with van der Waals surface area (Å²) in [5, 5.41) is 2.39. The van der Waals surface area contributed by atoms with Gasteiger partial charge < -0.3 is 9.64 Å². The van der Waals surface area contributed by atoms with Crippen LogP contribution in [0.2, 0.25) is 0 Å². The zero-order chi connectivity index (χ0) is 16.9. The van der Waals surface area contributed by atoms with E-state index in [9.17, 15) is 0 Å². The van der Waals surface area contributed by atoms with Gasteiger partial charge in [-0.1, -0.05) is 29.6 Å². The van der Waals surface area contributed by atoms with Crippen molar-refractivity contribution in [1.82, 2.24) is 4.98 Å². The molecule has 1 aliphatic heterocycles. The number of benzene rings is 1. The lowest BCUT2D eigenvalue weighted by molar-refractivity contribution is 0.411. The zero-order valence-corrected chi connectivity index (χ0v) is 16.5. The molecule has 0 radical (unpaired) electrons. The van der Waals surface area contributed by atoms with Crippen LogP contribution in [0.5, 0.6) is 5.75 Å². The van der Waals surface area contributed by atoms with Gasteiger partial charge in [0.1, 0.15) is 15.8 Å². The molecule has 0 N–H and O–H groups in total. The number of hydrogen-bond acceptors (Lipinski definition) is 4. The number of nitrogens with zero attached hydrogens (tertiary/aromatic N) is 2. The molecule has 0 atom stereocenters. The maximum absolute atomic E-state index is 5.32. The van der Waals surface area contributed by atoms with Gasteiger partial charge in [-0.25, -0.2) is 4.98 Å². The minimum Gasteiger partial charge on any atom is -0.496 e. The number of rotatable bonds is 5. The molecular weight excluding hydrogens is 352 g/mol. The van der Waals surface area contributed by atoms with Crippen molar-refractivity contribution in [3.05, 3.63) is 52.7 Å². The SMILES string of the molecule is C=CCN1CCCCc2nc(C=Cc3ccc(OC)c(C)c3)sc21.Cl. The fourth-order valence-electron chi connectivity index (χ4n) is 3.04. The second kappa shape index (κ2) is 9.07. The third-order valence-corrected chi connectivity index (χ3v) is 5.38. The topological polar surface area (TPSA) is 25.4 Å². The molecule has 0 saturated carbocycles. The highest BCUT2D eigenvalue weighted by molar-refractivity contribution is 7.16. The molecular formula is C20H25ClN2OS. The van der Waals surface area contributed by atoms with Crippen molar-refractivity contribution in [2.24, 2.45) is 0 Å². The molecule has 0 spiro atoms. The molecule has 3 rings (SSSR count).